The summed E-state index contributed by atoms with van der Waals surface area (Å²) in [7, 11) is -5.14. The summed E-state index contributed by atoms with van der Waals surface area (Å²) in [5.74, 6) is 0. The zero-order valence-electron chi connectivity index (χ0n) is 17.5. The zero-order valence-corrected chi connectivity index (χ0v) is 22.4. The van der Waals surface area contributed by atoms with Crippen LogP contribution in [-0.2, 0) is 4.57 Å². The summed E-state index contributed by atoms with van der Waals surface area (Å²) in [6.45, 7) is 15.0. The fourth-order valence-electron chi connectivity index (χ4n) is 2.64. The normalized spacial score (nSPS) is 10.5. The van der Waals surface area contributed by atoms with Crippen molar-refractivity contribution >= 4 is 7.82 Å². The number of quaternary nitrogens is 1. The second kappa shape index (κ2) is 24.1. The number of unbranched alkanes of at least 4 members (excludes halogenated alkanes) is 4. The molecule has 0 bridgehead atoms. The number of rotatable bonds is 12. The average Bonchev–Trinajstić information content (AvgIpc) is 2.44. The molecular weight excluding hydrogens is 363 g/mol. The van der Waals surface area contributed by atoms with Crippen LogP contribution in [0.25, 0.3) is 0 Å². The minimum atomic E-state index is -5.14. The van der Waals surface area contributed by atoms with Crippen LogP contribution in [0.5, 0.6) is 0 Å². The third-order valence-corrected chi connectivity index (χ3v) is 3.94. The summed E-state index contributed by atoms with van der Waals surface area (Å²) >= 11 is 0. The molecule has 0 saturated heterocycles. The zero-order chi connectivity index (χ0) is 17.5. The summed E-state index contributed by atoms with van der Waals surface area (Å²) in [6, 6.07) is 0. The van der Waals surface area contributed by atoms with E-state index in [0.717, 1.165) is 0 Å². The standard InChI is InChI=1S/C16H36N.2Na.H3O4P.H2O/c1-5-9-13-17(14-10-6-2,15-11-7-3)16-12-8-4;;;1-5(2,3)4;/h5-16H2,1-4H3;;;(H3,1,2,3,4);1H2/q3*+1;;/p-3. The van der Waals surface area contributed by atoms with E-state index in [4.69, 9.17) is 19.2 Å². The molecule has 0 heterocycles. The molecule has 0 saturated carbocycles. The van der Waals surface area contributed by atoms with Gasteiger partial charge in [0.25, 0.3) is 0 Å². The molecule has 144 valence electrons. The van der Waals surface area contributed by atoms with Crippen LogP contribution in [0.1, 0.15) is 79.1 Å². The van der Waals surface area contributed by atoms with Crippen molar-refractivity contribution in [1.82, 2.24) is 0 Å². The minimum absolute atomic E-state index is 0. The first kappa shape index (κ1) is 37.7. The van der Waals surface area contributed by atoms with Gasteiger partial charge in [0.1, 0.15) is 0 Å². The number of hydrogen-bond acceptors (Lipinski definition) is 4. The SMILES string of the molecule is CCCC[N+](CCCC)(CCCC)CCCC.O=P([O-])([O-])O.[Na+].[Na+].[OH-]. The maximum Gasteiger partial charge on any atom is 1.00 e. The quantitative estimate of drug-likeness (QED) is 0.209. The summed E-state index contributed by atoms with van der Waals surface area (Å²) in [4.78, 5) is 24.3. The summed E-state index contributed by atoms with van der Waals surface area (Å²) in [6.07, 6.45) is 11.1. The maximum absolute atomic E-state index is 8.66. The monoisotopic (exact) mass is 401 g/mol. The first-order chi connectivity index (χ1) is 10.2. The molecule has 0 unspecified atom stereocenters. The Morgan fingerprint density at radius 2 is 0.880 bits per heavy atom. The van der Waals surface area contributed by atoms with Crippen LogP contribution in [0.4, 0.5) is 0 Å². The summed E-state index contributed by atoms with van der Waals surface area (Å²) in [5.41, 5.74) is 0. The molecule has 25 heavy (non-hydrogen) atoms. The van der Waals surface area contributed by atoms with Gasteiger partial charge in [-0.3, -0.25) is 0 Å². The van der Waals surface area contributed by atoms with E-state index in [2.05, 4.69) is 27.7 Å². The van der Waals surface area contributed by atoms with Crippen LogP contribution in [0, 0.1) is 0 Å². The molecule has 0 aliphatic heterocycles. The maximum atomic E-state index is 8.66. The third-order valence-electron chi connectivity index (χ3n) is 3.94. The topological polar surface area (TPSA) is 113 Å². The van der Waals surface area contributed by atoms with E-state index in [1.54, 1.807) is 0 Å². The van der Waals surface area contributed by atoms with Crippen LogP contribution < -0.4 is 68.9 Å². The van der Waals surface area contributed by atoms with E-state index in [-0.39, 0.29) is 64.6 Å². The van der Waals surface area contributed by atoms with Gasteiger partial charge in [0.05, 0.1) is 34.0 Å². The van der Waals surface area contributed by atoms with Gasteiger partial charge in [0.2, 0.25) is 0 Å². The van der Waals surface area contributed by atoms with Crippen molar-refractivity contribution in [2.75, 3.05) is 26.2 Å². The molecule has 0 aliphatic carbocycles. The van der Waals surface area contributed by atoms with E-state index in [9.17, 15) is 0 Å². The molecule has 0 atom stereocenters. The number of phosphoric acid groups is 1. The van der Waals surface area contributed by atoms with Crippen molar-refractivity contribution in [3.63, 3.8) is 0 Å². The molecule has 0 radical (unpaired) electrons. The van der Waals surface area contributed by atoms with Gasteiger partial charge in [-0.05, 0) is 25.7 Å². The van der Waals surface area contributed by atoms with Crippen molar-refractivity contribution in [2.45, 2.75) is 79.1 Å². The Labute approximate surface area is 199 Å². The number of hydrogen-bond donors (Lipinski definition) is 1. The average molecular weight is 401 g/mol. The molecule has 2 N–H and O–H groups in total. The Morgan fingerprint density at radius 1 is 0.720 bits per heavy atom. The van der Waals surface area contributed by atoms with Crippen LogP contribution in [0.2, 0.25) is 0 Å². The second-order valence-corrected chi connectivity index (χ2v) is 7.06. The fourth-order valence-corrected chi connectivity index (χ4v) is 2.64. The Bertz CT molecular complexity index is 248. The molecule has 0 aliphatic rings. The molecule has 0 rings (SSSR count). The van der Waals surface area contributed by atoms with E-state index in [0.29, 0.717) is 0 Å². The molecule has 6 nitrogen and oxygen atoms in total. The molecule has 0 spiro atoms. The van der Waals surface area contributed by atoms with Crippen molar-refractivity contribution in [2.24, 2.45) is 0 Å². The van der Waals surface area contributed by atoms with Gasteiger partial charge in [-0.25, -0.2) is 0 Å². The van der Waals surface area contributed by atoms with Gasteiger partial charge in [0, 0.05) is 0 Å². The Kier molecular flexibility index (Phi) is 36.3. The van der Waals surface area contributed by atoms with Crippen molar-refractivity contribution in [1.29, 1.82) is 0 Å². The Balaban J connectivity index is -0.000000147. The first-order valence-corrected chi connectivity index (χ1v) is 10.3. The molecule has 9 heteroatoms. The van der Waals surface area contributed by atoms with E-state index in [1.807, 2.05) is 0 Å². The van der Waals surface area contributed by atoms with Gasteiger partial charge in [-0.15, -0.1) is 0 Å². The predicted octanol–water partition coefficient (Wildman–Crippen LogP) is -3.36. The van der Waals surface area contributed by atoms with Crippen LogP contribution in [-0.4, -0.2) is 41.0 Å². The fraction of sp³-hybridized carbons (Fsp3) is 1.00. The van der Waals surface area contributed by atoms with Crippen LogP contribution in [0.15, 0.2) is 0 Å². The molecule has 0 fully saturated rings. The molecule has 0 aromatic rings. The number of nitrogens with zero attached hydrogens (tertiary/aromatic N) is 1. The molecule has 0 aromatic carbocycles. The van der Waals surface area contributed by atoms with E-state index < -0.39 is 7.82 Å². The van der Waals surface area contributed by atoms with E-state index in [1.165, 1.54) is 82.0 Å². The summed E-state index contributed by atoms with van der Waals surface area (Å²) < 4.78 is 10.1. The first-order valence-electron chi connectivity index (χ1n) is 8.84. The van der Waals surface area contributed by atoms with Crippen LogP contribution >= 0.6 is 7.82 Å². The molecular formula is C16H38NNa2O5P. The summed E-state index contributed by atoms with van der Waals surface area (Å²) in [5, 5.41) is 0. The van der Waals surface area contributed by atoms with Crippen molar-refractivity contribution < 1.29 is 88.3 Å². The van der Waals surface area contributed by atoms with Gasteiger partial charge < -0.3 is 29.2 Å². The van der Waals surface area contributed by atoms with E-state index >= 15 is 0 Å². The smallest absolute Gasteiger partial charge is 0.870 e. The van der Waals surface area contributed by atoms with Crippen molar-refractivity contribution in [3.8, 4) is 0 Å². The predicted molar refractivity (Wildman–Crippen MR) is 91.1 cm³/mol. The largest absolute Gasteiger partial charge is 1.00 e. The molecule has 0 aromatic heterocycles. The van der Waals surface area contributed by atoms with Crippen molar-refractivity contribution in [3.05, 3.63) is 0 Å². The molecule has 0 amide bonds. The second-order valence-electron chi connectivity index (χ2n) is 6.12. The minimum Gasteiger partial charge on any atom is -0.870 e. The Morgan fingerprint density at radius 3 is 1.00 bits per heavy atom. The van der Waals surface area contributed by atoms with Gasteiger partial charge in [-0.2, -0.15) is 0 Å². The Hall–Kier alpha value is 2.03. The third kappa shape index (κ3) is 31.0. The van der Waals surface area contributed by atoms with Gasteiger partial charge in [0.15, 0.2) is 0 Å². The van der Waals surface area contributed by atoms with Crippen LogP contribution in [0.3, 0.4) is 0 Å². The van der Waals surface area contributed by atoms with Gasteiger partial charge >= 0.3 is 59.1 Å². The van der Waals surface area contributed by atoms with Gasteiger partial charge in [-0.1, -0.05) is 53.4 Å².